The standard InChI is InChI=1S/C15H12ClFO3/c1-9-2-5-14(12(16)6-9)20-8-11-4-3-10(15(18)19)7-13(11)17/h2-7H,8H2,1H3,(H,18,19). The number of aromatic carboxylic acids is 1. The Hall–Kier alpha value is -2.07. The molecule has 3 nitrogen and oxygen atoms in total. The Morgan fingerprint density at radius 3 is 2.65 bits per heavy atom. The summed E-state index contributed by atoms with van der Waals surface area (Å²) in [4.78, 5) is 10.7. The van der Waals surface area contributed by atoms with Gasteiger partial charge < -0.3 is 9.84 Å². The number of carbonyl (C=O) groups is 1. The molecule has 0 atom stereocenters. The molecule has 5 heteroatoms. The van der Waals surface area contributed by atoms with Gasteiger partial charge in [-0.1, -0.05) is 23.7 Å². The first kappa shape index (κ1) is 14.3. The normalized spacial score (nSPS) is 10.3. The van der Waals surface area contributed by atoms with E-state index in [-0.39, 0.29) is 17.7 Å². The lowest BCUT2D eigenvalue weighted by molar-refractivity contribution is 0.0696. The van der Waals surface area contributed by atoms with Crippen LogP contribution >= 0.6 is 11.6 Å². The molecular formula is C15H12ClFO3. The summed E-state index contributed by atoms with van der Waals surface area (Å²) in [6.07, 6.45) is 0. The number of hydrogen-bond acceptors (Lipinski definition) is 2. The van der Waals surface area contributed by atoms with Gasteiger partial charge >= 0.3 is 5.97 Å². The average Bonchev–Trinajstić information content (AvgIpc) is 2.38. The second kappa shape index (κ2) is 5.92. The van der Waals surface area contributed by atoms with Gasteiger partial charge in [-0.3, -0.25) is 0 Å². The number of aryl methyl sites for hydroxylation is 1. The van der Waals surface area contributed by atoms with Gasteiger partial charge in [0.1, 0.15) is 18.2 Å². The van der Waals surface area contributed by atoms with E-state index in [2.05, 4.69) is 0 Å². The lowest BCUT2D eigenvalue weighted by Crippen LogP contribution is -2.02. The summed E-state index contributed by atoms with van der Waals surface area (Å²) in [6.45, 7) is 1.88. The molecule has 0 saturated heterocycles. The van der Waals surface area contributed by atoms with Crippen molar-refractivity contribution in [3.63, 3.8) is 0 Å². The Labute approximate surface area is 120 Å². The van der Waals surface area contributed by atoms with Gasteiger partial charge in [0.15, 0.2) is 0 Å². The number of hydrogen-bond donors (Lipinski definition) is 1. The monoisotopic (exact) mass is 294 g/mol. The third kappa shape index (κ3) is 3.27. The number of benzene rings is 2. The van der Waals surface area contributed by atoms with E-state index in [1.54, 1.807) is 12.1 Å². The molecule has 0 bridgehead atoms. The number of ether oxygens (including phenoxy) is 1. The van der Waals surface area contributed by atoms with Crippen molar-refractivity contribution in [3.8, 4) is 5.75 Å². The maximum Gasteiger partial charge on any atom is 0.335 e. The van der Waals surface area contributed by atoms with Crippen molar-refractivity contribution in [1.82, 2.24) is 0 Å². The van der Waals surface area contributed by atoms with Crippen LogP contribution in [0.2, 0.25) is 5.02 Å². The molecule has 2 aromatic carbocycles. The van der Waals surface area contributed by atoms with Crippen LogP contribution in [0.4, 0.5) is 4.39 Å². The second-order valence-electron chi connectivity index (χ2n) is 4.33. The minimum Gasteiger partial charge on any atom is -0.487 e. The average molecular weight is 295 g/mol. The minimum atomic E-state index is -1.17. The molecule has 0 fully saturated rings. The number of carboxylic acid groups (broad SMARTS) is 1. The molecule has 0 unspecified atom stereocenters. The summed E-state index contributed by atoms with van der Waals surface area (Å²) in [5.41, 5.74) is 1.17. The van der Waals surface area contributed by atoms with Crippen LogP contribution in [0.3, 0.4) is 0 Å². The lowest BCUT2D eigenvalue weighted by atomic mass is 10.1. The third-order valence-electron chi connectivity index (χ3n) is 2.77. The van der Waals surface area contributed by atoms with Gasteiger partial charge in [0.2, 0.25) is 0 Å². The fourth-order valence-corrected chi connectivity index (χ4v) is 1.97. The summed E-state index contributed by atoms with van der Waals surface area (Å²) < 4.78 is 19.1. The van der Waals surface area contributed by atoms with Gasteiger partial charge in [0.25, 0.3) is 0 Å². The molecule has 2 aromatic rings. The summed E-state index contributed by atoms with van der Waals surface area (Å²) in [7, 11) is 0. The Bertz CT molecular complexity index is 656. The maximum absolute atomic E-state index is 13.7. The predicted octanol–water partition coefficient (Wildman–Crippen LogP) is 4.06. The van der Waals surface area contributed by atoms with Gasteiger partial charge in [-0.2, -0.15) is 0 Å². The SMILES string of the molecule is Cc1ccc(OCc2ccc(C(=O)O)cc2F)c(Cl)c1. The molecule has 0 aliphatic carbocycles. The van der Waals surface area contributed by atoms with Crippen LogP contribution in [-0.2, 0) is 6.61 Å². The second-order valence-corrected chi connectivity index (χ2v) is 4.74. The molecule has 104 valence electrons. The molecule has 0 aliphatic heterocycles. The van der Waals surface area contributed by atoms with Gasteiger partial charge in [0.05, 0.1) is 10.6 Å². The van der Waals surface area contributed by atoms with Gasteiger partial charge in [0, 0.05) is 5.56 Å². The van der Waals surface area contributed by atoms with Gasteiger partial charge in [-0.25, -0.2) is 9.18 Å². The molecule has 0 saturated carbocycles. The van der Waals surface area contributed by atoms with Crippen LogP contribution in [0, 0.1) is 12.7 Å². The highest BCUT2D eigenvalue weighted by molar-refractivity contribution is 6.32. The van der Waals surface area contributed by atoms with Crippen molar-refractivity contribution in [2.24, 2.45) is 0 Å². The van der Waals surface area contributed by atoms with E-state index in [1.165, 1.54) is 12.1 Å². The van der Waals surface area contributed by atoms with E-state index >= 15 is 0 Å². The molecule has 20 heavy (non-hydrogen) atoms. The minimum absolute atomic E-state index is 0.0193. The Morgan fingerprint density at radius 1 is 1.30 bits per heavy atom. The fraction of sp³-hybridized carbons (Fsp3) is 0.133. The summed E-state index contributed by atoms with van der Waals surface area (Å²) in [6, 6.07) is 8.99. The number of halogens is 2. The van der Waals surface area contributed by atoms with E-state index in [1.807, 2.05) is 13.0 Å². The van der Waals surface area contributed by atoms with E-state index in [0.717, 1.165) is 11.6 Å². The molecular weight excluding hydrogens is 283 g/mol. The number of carboxylic acids is 1. The van der Waals surface area contributed by atoms with Crippen LogP contribution in [0.1, 0.15) is 21.5 Å². The largest absolute Gasteiger partial charge is 0.487 e. The zero-order valence-electron chi connectivity index (χ0n) is 10.7. The van der Waals surface area contributed by atoms with Crippen molar-refractivity contribution >= 4 is 17.6 Å². The van der Waals surface area contributed by atoms with Crippen LogP contribution in [0.15, 0.2) is 36.4 Å². The van der Waals surface area contributed by atoms with Crippen LogP contribution in [-0.4, -0.2) is 11.1 Å². The number of rotatable bonds is 4. The molecule has 1 N–H and O–H groups in total. The fourth-order valence-electron chi connectivity index (χ4n) is 1.68. The van der Waals surface area contributed by atoms with Crippen molar-refractivity contribution < 1.29 is 19.0 Å². The molecule has 0 amide bonds. The molecule has 0 heterocycles. The Balaban J connectivity index is 2.13. The van der Waals surface area contributed by atoms with Crippen LogP contribution < -0.4 is 4.74 Å². The van der Waals surface area contributed by atoms with E-state index < -0.39 is 11.8 Å². The first-order valence-electron chi connectivity index (χ1n) is 5.88. The van der Waals surface area contributed by atoms with E-state index in [9.17, 15) is 9.18 Å². The quantitative estimate of drug-likeness (QED) is 0.925. The molecule has 0 aromatic heterocycles. The van der Waals surface area contributed by atoms with Crippen molar-refractivity contribution in [2.45, 2.75) is 13.5 Å². The smallest absolute Gasteiger partial charge is 0.335 e. The van der Waals surface area contributed by atoms with Crippen molar-refractivity contribution in [2.75, 3.05) is 0 Å². The van der Waals surface area contributed by atoms with Crippen LogP contribution in [0.5, 0.6) is 5.75 Å². The Kier molecular flexibility index (Phi) is 4.25. The van der Waals surface area contributed by atoms with Gasteiger partial charge in [-0.15, -0.1) is 0 Å². The molecule has 0 aliphatic rings. The highest BCUT2D eigenvalue weighted by Crippen LogP contribution is 2.26. The van der Waals surface area contributed by atoms with E-state index in [0.29, 0.717) is 10.8 Å². The zero-order chi connectivity index (χ0) is 14.7. The zero-order valence-corrected chi connectivity index (χ0v) is 11.4. The van der Waals surface area contributed by atoms with Gasteiger partial charge in [-0.05, 0) is 36.8 Å². The molecule has 0 radical (unpaired) electrons. The first-order valence-corrected chi connectivity index (χ1v) is 6.26. The van der Waals surface area contributed by atoms with Crippen molar-refractivity contribution in [3.05, 3.63) is 63.9 Å². The highest BCUT2D eigenvalue weighted by Gasteiger charge is 2.09. The molecule has 2 rings (SSSR count). The maximum atomic E-state index is 13.7. The first-order chi connectivity index (χ1) is 9.47. The summed E-state index contributed by atoms with van der Waals surface area (Å²) in [5, 5.41) is 9.21. The highest BCUT2D eigenvalue weighted by atomic mass is 35.5. The summed E-state index contributed by atoms with van der Waals surface area (Å²) >= 11 is 6.01. The summed E-state index contributed by atoms with van der Waals surface area (Å²) in [5.74, 6) is -1.33. The molecule has 0 spiro atoms. The third-order valence-corrected chi connectivity index (χ3v) is 3.07. The Morgan fingerprint density at radius 2 is 2.05 bits per heavy atom. The lowest BCUT2D eigenvalue weighted by Gasteiger charge is -2.09. The topological polar surface area (TPSA) is 46.5 Å². The van der Waals surface area contributed by atoms with Crippen molar-refractivity contribution in [1.29, 1.82) is 0 Å². The van der Waals surface area contributed by atoms with Crippen LogP contribution in [0.25, 0.3) is 0 Å². The van der Waals surface area contributed by atoms with E-state index in [4.69, 9.17) is 21.4 Å². The predicted molar refractivity (Wildman–Crippen MR) is 73.9 cm³/mol.